The van der Waals surface area contributed by atoms with E-state index in [4.69, 9.17) is 9.72 Å². The maximum absolute atomic E-state index is 13.7. The molecule has 4 rings (SSSR count). The zero-order valence-corrected chi connectivity index (χ0v) is 21.0. The molecular weight excluding hydrogens is 446 g/mol. The minimum Gasteiger partial charge on any atom is -0.497 e. The summed E-state index contributed by atoms with van der Waals surface area (Å²) in [6, 6.07) is 7.66. The summed E-state index contributed by atoms with van der Waals surface area (Å²) in [5.74, 6) is 1.36. The summed E-state index contributed by atoms with van der Waals surface area (Å²) in [5, 5.41) is 3.27. The molecule has 188 valence electrons. The molecule has 0 saturated carbocycles. The van der Waals surface area contributed by atoms with Crippen molar-refractivity contribution >= 4 is 23.0 Å². The van der Waals surface area contributed by atoms with Crippen LogP contribution in [0, 0.1) is 0 Å². The van der Waals surface area contributed by atoms with Gasteiger partial charge >= 0.3 is 5.69 Å². The number of likely N-dealkylation sites (tertiary alicyclic amines) is 1. The van der Waals surface area contributed by atoms with Crippen molar-refractivity contribution in [1.29, 1.82) is 0 Å². The first-order valence-electron chi connectivity index (χ1n) is 12.2. The molecule has 0 aliphatic carbocycles. The van der Waals surface area contributed by atoms with Crippen LogP contribution in [0.15, 0.2) is 35.3 Å². The van der Waals surface area contributed by atoms with Gasteiger partial charge in [-0.3, -0.25) is 18.8 Å². The van der Waals surface area contributed by atoms with Gasteiger partial charge in [0.15, 0.2) is 5.65 Å². The number of nitrogens with one attached hydrogen (secondary N) is 1. The summed E-state index contributed by atoms with van der Waals surface area (Å²) in [5.41, 5.74) is 2.20. The van der Waals surface area contributed by atoms with Crippen LogP contribution in [0.4, 0.5) is 5.95 Å². The lowest BCUT2D eigenvalue weighted by atomic mass is 10.2. The summed E-state index contributed by atoms with van der Waals surface area (Å²) in [4.78, 5) is 38.9. The molecule has 0 spiro atoms. The number of carbonyl (C=O) groups excluding carboxylic acids is 1. The topological polar surface area (TPSA) is 97.5 Å². The highest BCUT2D eigenvalue weighted by Gasteiger charge is 2.30. The number of carbonyl (C=O) groups is 1. The largest absolute Gasteiger partial charge is 0.497 e. The fourth-order valence-electron chi connectivity index (χ4n) is 4.43. The molecule has 0 radical (unpaired) electrons. The van der Waals surface area contributed by atoms with Crippen LogP contribution in [-0.2, 0) is 11.3 Å². The van der Waals surface area contributed by atoms with E-state index in [1.807, 2.05) is 28.8 Å². The van der Waals surface area contributed by atoms with Crippen LogP contribution in [0.1, 0.15) is 37.8 Å². The molecule has 1 aliphatic heterocycles. The molecule has 3 heterocycles. The standard InChI is InChI=1S/C25H35N7O3/c1-5-6-12-26-24-27-14-21-23(28-24)31(15-18-7-9-20(35-4)10-8-18)25(34)32(21)19-11-13-30(16-19)17-22(33)29(2)3/h7-10,14,19H,5-6,11-13,15-17H2,1-4H3,(H,26,27,28). The minimum atomic E-state index is -0.110. The molecule has 1 aromatic carbocycles. The lowest BCUT2D eigenvalue weighted by Crippen LogP contribution is -2.36. The van der Waals surface area contributed by atoms with Crippen molar-refractivity contribution in [2.45, 2.75) is 38.8 Å². The highest BCUT2D eigenvalue weighted by atomic mass is 16.5. The number of hydrogen-bond donors (Lipinski definition) is 1. The quantitative estimate of drug-likeness (QED) is 0.443. The molecule has 2 aromatic heterocycles. The van der Waals surface area contributed by atoms with Gasteiger partial charge in [0.1, 0.15) is 11.3 Å². The number of amides is 1. The highest BCUT2D eigenvalue weighted by molar-refractivity contribution is 5.77. The second-order valence-electron chi connectivity index (χ2n) is 9.24. The molecule has 1 amide bonds. The van der Waals surface area contributed by atoms with Crippen LogP contribution >= 0.6 is 0 Å². The van der Waals surface area contributed by atoms with E-state index < -0.39 is 0 Å². The molecule has 0 bridgehead atoms. The third-order valence-electron chi connectivity index (χ3n) is 6.49. The Bertz CT molecular complexity index is 1220. The van der Waals surface area contributed by atoms with Gasteiger partial charge in [-0.25, -0.2) is 9.78 Å². The number of rotatable bonds is 10. The van der Waals surface area contributed by atoms with Gasteiger partial charge in [-0.05, 0) is 30.5 Å². The van der Waals surface area contributed by atoms with Crippen molar-refractivity contribution < 1.29 is 9.53 Å². The Hall–Kier alpha value is -3.40. The number of hydrogen-bond acceptors (Lipinski definition) is 7. The van der Waals surface area contributed by atoms with Gasteiger partial charge in [0.2, 0.25) is 11.9 Å². The number of methoxy groups -OCH3 is 1. The fourth-order valence-corrected chi connectivity index (χ4v) is 4.43. The van der Waals surface area contributed by atoms with E-state index in [-0.39, 0.29) is 17.6 Å². The molecule has 1 saturated heterocycles. The predicted octanol–water partition coefficient (Wildman–Crippen LogP) is 2.20. The van der Waals surface area contributed by atoms with E-state index in [0.717, 1.165) is 49.2 Å². The molecule has 1 fully saturated rings. The van der Waals surface area contributed by atoms with Crippen LogP contribution in [0.3, 0.4) is 0 Å². The van der Waals surface area contributed by atoms with Crippen LogP contribution in [-0.4, -0.2) is 82.2 Å². The van der Waals surface area contributed by atoms with E-state index in [1.165, 1.54) is 0 Å². The zero-order valence-electron chi connectivity index (χ0n) is 21.0. The second kappa shape index (κ2) is 10.9. The number of fused-ring (bicyclic) bond motifs is 1. The Morgan fingerprint density at radius 3 is 2.71 bits per heavy atom. The monoisotopic (exact) mass is 481 g/mol. The van der Waals surface area contributed by atoms with Crippen LogP contribution in [0.25, 0.3) is 11.2 Å². The molecule has 35 heavy (non-hydrogen) atoms. The average Bonchev–Trinajstić information content (AvgIpc) is 3.41. The van der Waals surface area contributed by atoms with Crippen molar-refractivity contribution in [1.82, 2.24) is 28.9 Å². The number of imidazole rings is 1. The van der Waals surface area contributed by atoms with Crippen molar-refractivity contribution in [2.24, 2.45) is 0 Å². The Morgan fingerprint density at radius 2 is 2.03 bits per heavy atom. The average molecular weight is 482 g/mol. The number of unbranched alkanes of at least 4 members (excludes halogenated alkanes) is 1. The summed E-state index contributed by atoms with van der Waals surface area (Å²) in [6.45, 7) is 5.06. The van der Waals surface area contributed by atoms with Crippen molar-refractivity contribution in [3.05, 3.63) is 46.5 Å². The van der Waals surface area contributed by atoms with E-state index in [1.54, 1.807) is 36.9 Å². The van der Waals surface area contributed by atoms with Gasteiger partial charge in [-0.15, -0.1) is 0 Å². The zero-order chi connectivity index (χ0) is 24.9. The lowest BCUT2D eigenvalue weighted by molar-refractivity contribution is -0.129. The number of anilines is 1. The third kappa shape index (κ3) is 5.48. The van der Waals surface area contributed by atoms with Crippen LogP contribution in [0.2, 0.25) is 0 Å². The fraction of sp³-hybridized carbons (Fsp3) is 0.520. The highest BCUT2D eigenvalue weighted by Crippen LogP contribution is 2.25. The molecule has 3 aromatic rings. The number of nitrogens with zero attached hydrogens (tertiary/aromatic N) is 6. The lowest BCUT2D eigenvalue weighted by Gasteiger charge is -2.18. The van der Waals surface area contributed by atoms with Crippen molar-refractivity contribution in [2.75, 3.05) is 52.7 Å². The van der Waals surface area contributed by atoms with Crippen molar-refractivity contribution in [3.8, 4) is 5.75 Å². The summed E-state index contributed by atoms with van der Waals surface area (Å²) < 4.78 is 8.80. The van der Waals surface area contributed by atoms with Gasteiger partial charge in [0, 0.05) is 33.7 Å². The van der Waals surface area contributed by atoms with E-state index in [9.17, 15) is 9.59 Å². The second-order valence-corrected chi connectivity index (χ2v) is 9.24. The molecule has 1 unspecified atom stereocenters. The van der Waals surface area contributed by atoms with E-state index in [2.05, 4.69) is 22.1 Å². The summed E-state index contributed by atoms with van der Waals surface area (Å²) in [7, 11) is 5.15. The molecule has 10 nitrogen and oxygen atoms in total. The van der Waals surface area contributed by atoms with Crippen LogP contribution in [0.5, 0.6) is 5.75 Å². The Morgan fingerprint density at radius 1 is 1.26 bits per heavy atom. The first-order chi connectivity index (χ1) is 16.9. The van der Waals surface area contributed by atoms with Crippen molar-refractivity contribution in [3.63, 3.8) is 0 Å². The normalized spacial score (nSPS) is 16.1. The van der Waals surface area contributed by atoms with E-state index >= 15 is 0 Å². The number of benzene rings is 1. The Balaban J connectivity index is 1.68. The number of ether oxygens (including phenoxy) is 1. The van der Waals surface area contributed by atoms with Gasteiger partial charge in [-0.1, -0.05) is 25.5 Å². The van der Waals surface area contributed by atoms with Gasteiger partial charge < -0.3 is 15.0 Å². The van der Waals surface area contributed by atoms with Crippen LogP contribution < -0.4 is 15.7 Å². The van der Waals surface area contributed by atoms with E-state index in [0.29, 0.717) is 31.2 Å². The first-order valence-corrected chi connectivity index (χ1v) is 12.2. The molecule has 1 atom stereocenters. The van der Waals surface area contributed by atoms with Gasteiger partial charge in [0.05, 0.1) is 32.4 Å². The molecule has 1 N–H and O–H groups in total. The Kier molecular flexibility index (Phi) is 7.70. The molecule has 1 aliphatic rings. The summed E-state index contributed by atoms with van der Waals surface area (Å²) in [6.07, 6.45) is 4.63. The first kappa shape index (κ1) is 24.7. The summed E-state index contributed by atoms with van der Waals surface area (Å²) >= 11 is 0. The molecular formula is C25H35N7O3. The maximum Gasteiger partial charge on any atom is 0.330 e. The predicted molar refractivity (Wildman–Crippen MR) is 136 cm³/mol. The third-order valence-corrected chi connectivity index (χ3v) is 6.49. The maximum atomic E-state index is 13.7. The SMILES string of the molecule is CCCCNc1ncc2c(n1)n(Cc1ccc(OC)cc1)c(=O)n2C1CCN(CC(=O)N(C)C)C1. The number of likely N-dealkylation sites (N-methyl/N-ethyl adjacent to an activating group) is 1. The van der Waals surface area contributed by atoms with Gasteiger partial charge in [-0.2, -0.15) is 4.98 Å². The minimum absolute atomic E-state index is 0.0421. The van der Waals surface area contributed by atoms with Gasteiger partial charge in [0.25, 0.3) is 0 Å². The smallest absolute Gasteiger partial charge is 0.330 e. The number of aromatic nitrogens is 4. The molecule has 10 heteroatoms. The Labute approximate surface area is 205 Å².